The van der Waals surface area contributed by atoms with Crippen LogP contribution in [-0.4, -0.2) is 44.7 Å². The first kappa shape index (κ1) is 20.3. The Bertz CT molecular complexity index is 752. The Morgan fingerprint density at radius 3 is 2.61 bits per heavy atom. The van der Waals surface area contributed by atoms with Crippen LogP contribution in [0.2, 0.25) is 0 Å². The van der Waals surface area contributed by atoms with E-state index in [0.717, 1.165) is 30.3 Å². The topological polar surface area (TPSA) is 63.9 Å². The predicted octanol–water partition coefficient (Wildman–Crippen LogP) is 3.43. The number of likely N-dealkylation sites (tertiary alicyclic amines) is 1. The summed E-state index contributed by atoms with van der Waals surface area (Å²) in [6.45, 7) is 4.88. The molecule has 1 amide bonds. The highest BCUT2D eigenvalue weighted by atomic mass is 16.5. The van der Waals surface area contributed by atoms with Crippen molar-refractivity contribution in [3.05, 3.63) is 47.9 Å². The Balaban J connectivity index is 1.61. The fourth-order valence-electron chi connectivity index (χ4n) is 3.68. The van der Waals surface area contributed by atoms with Gasteiger partial charge in [-0.3, -0.25) is 9.69 Å². The van der Waals surface area contributed by atoms with Gasteiger partial charge in [-0.2, -0.15) is 0 Å². The standard InChI is InChI=1S/C22H30N2O4/c1-16-8-10-24(11-9-16)18(19-5-4-12-28-19)15-23-22(25)14-17-6-7-20(26-2)21(13-17)27-3/h4-7,12-13,16,18H,8-11,14-15H2,1-3H3,(H,23,25). The molecule has 0 aliphatic carbocycles. The van der Waals surface area contributed by atoms with Gasteiger partial charge in [0, 0.05) is 6.54 Å². The molecule has 2 aromatic rings. The monoisotopic (exact) mass is 386 g/mol. The van der Waals surface area contributed by atoms with Gasteiger partial charge in [-0.15, -0.1) is 0 Å². The molecule has 6 nitrogen and oxygen atoms in total. The predicted molar refractivity (Wildman–Crippen MR) is 108 cm³/mol. The third kappa shape index (κ3) is 5.07. The van der Waals surface area contributed by atoms with Crippen molar-refractivity contribution >= 4 is 5.91 Å². The minimum atomic E-state index is -0.0193. The van der Waals surface area contributed by atoms with Crippen LogP contribution in [0, 0.1) is 5.92 Å². The van der Waals surface area contributed by atoms with Gasteiger partial charge in [-0.05, 0) is 61.7 Å². The molecule has 1 aliphatic rings. The van der Waals surface area contributed by atoms with Crippen LogP contribution < -0.4 is 14.8 Å². The molecule has 6 heteroatoms. The summed E-state index contributed by atoms with van der Waals surface area (Å²) < 4.78 is 16.2. The summed E-state index contributed by atoms with van der Waals surface area (Å²) in [5.41, 5.74) is 0.886. The molecule has 1 aliphatic heterocycles. The van der Waals surface area contributed by atoms with Crippen molar-refractivity contribution in [1.29, 1.82) is 0 Å². The van der Waals surface area contributed by atoms with Crippen LogP contribution in [0.15, 0.2) is 41.0 Å². The number of methoxy groups -OCH3 is 2. The maximum atomic E-state index is 12.5. The summed E-state index contributed by atoms with van der Waals surface area (Å²) in [4.78, 5) is 15.0. The van der Waals surface area contributed by atoms with E-state index in [0.29, 0.717) is 24.5 Å². The maximum absolute atomic E-state index is 12.5. The lowest BCUT2D eigenvalue weighted by atomic mass is 9.97. The van der Waals surface area contributed by atoms with Crippen molar-refractivity contribution in [2.75, 3.05) is 33.9 Å². The first-order valence-electron chi connectivity index (χ1n) is 9.85. The lowest BCUT2D eigenvalue weighted by Crippen LogP contribution is -2.42. The van der Waals surface area contributed by atoms with Crippen LogP contribution in [0.4, 0.5) is 0 Å². The summed E-state index contributed by atoms with van der Waals surface area (Å²) in [6, 6.07) is 9.51. The highest BCUT2D eigenvalue weighted by Crippen LogP contribution is 2.28. The Labute approximate surface area is 166 Å². The molecule has 1 aromatic heterocycles. The summed E-state index contributed by atoms with van der Waals surface area (Å²) in [5.74, 6) is 2.93. The number of amides is 1. The van der Waals surface area contributed by atoms with Crippen LogP contribution in [0.25, 0.3) is 0 Å². The van der Waals surface area contributed by atoms with E-state index in [1.165, 1.54) is 12.8 Å². The van der Waals surface area contributed by atoms with Gasteiger partial charge in [-0.1, -0.05) is 13.0 Å². The van der Waals surface area contributed by atoms with Crippen LogP contribution >= 0.6 is 0 Å². The summed E-state index contributed by atoms with van der Waals surface area (Å²) in [7, 11) is 3.19. The van der Waals surface area contributed by atoms with Gasteiger partial charge >= 0.3 is 0 Å². The van der Waals surface area contributed by atoms with Gasteiger partial charge in [0.2, 0.25) is 5.91 Å². The van der Waals surface area contributed by atoms with Gasteiger partial charge in [0.15, 0.2) is 11.5 Å². The van der Waals surface area contributed by atoms with Crippen LogP contribution in [0.5, 0.6) is 11.5 Å². The fraction of sp³-hybridized carbons (Fsp3) is 0.500. The summed E-state index contributed by atoms with van der Waals surface area (Å²) in [5, 5.41) is 3.08. The van der Waals surface area contributed by atoms with Gasteiger partial charge < -0.3 is 19.2 Å². The fourth-order valence-corrected chi connectivity index (χ4v) is 3.68. The number of hydrogen-bond acceptors (Lipinski definition) is 5. The Kier molecular flexibility index (Phi) is 6.98. The Morgan fingerprint density at radius 1 is 1.21 bits per heavy atom. The second-order valence-corrected chi connectivity index (χ2v) is 7.42. The molecule has 2 heterocycles. The zero-order chi connectivity index (χ0) is 19.9. The quantitative estimate of drug-likeness (QED) is 0.753. The van der Waals surface area contributed by atoms with Gasteiger partial charge in [0.05, 0.1) is 32.9 Å². The second-order valence-electron chi connectivity index (χ2n) is 7.42. The molecule has 0 bridgehead atoms. The van der Waals surface area contributed by atoms with Crippen LogP contribution in [-0.2, 0) is 11.2 Å². The molecule has 28 heavy (non-hydrogen) atoms. The van der Waals surface area contributed by atoms with Gasteiger partial charge in [0.25, 0.3) is 0 Å². The number of piperidine rings is 1. The van der Waals surface area contributed by atoms with E-state index in [1.54, 1.807) is 20.5 Å². The molecular weight excluding hydrogens is 356 g/mol. The van der Waals surface area contributed by atoms with Crippen LogP contribution in [0.3, 0.4) is 0 Å². The number of benzene rings is 1. The highest BCUT2D eigenvalue weighted by Gasteiger charge is 2.26. The van der Waals surface area contributed by atoms with E-state index in [-0.39, 0.29) is 11.9 Å². The molecule has 0 spiro atoms. The molecule has 0 radical (unpaired) electrons. The van der Waals surface area contributed by atoms with E-state index in [4.69, 9.17) is 13.9 Å². The minimum absolute atomic E-state index is 0.0193. The van der Waals surface area contributed by atoms with Gasteiger partial charge in [-0.25, -0.2) is 0 Å². The molecule has 1 N–H and O–H groups in total. The molecule has 3 rings (SSSR count). The number of carbonyl (C=O) groups is 1. The number of carbonyl (C=O) groups excluding carboxylic acids is 1. The third-order valence-corrected chi connectivity index (χ3v) is 5.44. The van der Waals surface area contributed by atoms with Crippen molar-refractivity contribution in [3.8, 4) is 11.5 Å². The van der Waals surface area contributed by atoms with E-state index in [2.05, 4.69) is 17.1 Å². The molecule has 1 aromatic carbocycles. The van der Waals surface area contributed by atoms with Crippen LogP contribution in [0.1, 0.15) is 37.1 Å². The first-order chi connectivity index (χ1) is 13.6. The average molecular weight is 386 g/mol. The van der Waals surface area contributed by atoms with E-state index in [1.807, 2.05) is 30.3 Å². The first-order valence-corrected chi connectivity index (χ1v) is 9.85. The molecular formula is C22H30N2O4. The van der Waals surface area contributed by atoms with Crippen molar-refractivity contribution in [3.63, 3.8) is 0 Å². The number of nitrogens with zero attached hydrogens (tertiary/aromatic N) is 1. The second kappa shape index (κ2) is 9.64. The summed E-state index contributed by atoms with van der Waals surface area (Å²) in [6.07, 6.45) is 4.34. The smallest absolute Gasteiger partial charge is 0.224 e. The van der Waals surface area contributed by atoms with E-state index >= 15 is 0 Å². The largest absolute Gasteiger partial charge is 0.493 e. The maximum Gasteiger partial charge on any atom is 0.224 e. The average Bonchev–Trinajstić information content (AvgIpc) is 3.24. The molecule has 1 unspecified atom stereocenters. The summed E-state index contributed by atoms with van der Waals surface area (Å²) >= 11 is 0. The highest BCUT2D eigenvalue weighted by molar-refractivity contribution is 5.78. The Morgan fingerprint density at radius 2 is 1.96 bits per heavy atom. The third-order valence-electron chi connectivity index (χ3n) is 5.44. The number of ether oxygens (including phenoxy) is 2. The molecule has 1 fully saturated rings. The molecule has 0 saturated carbocycles. The molecule has 152 valence electrons. The minimum Gasteiger partial charge on any atom is -0.493 e. The lowest BCUT2D eigenvalue weighted by molar-refractivity contribution is -0.120. The molecule has 1 atom stereocenters. The normalized spacial score (nSPS) is 16.5. The number of hydrogen-bond donors (Lipinski definition) is 1. The molecule has 1 saturated heterocycles. The zero-order valence-electron chi connectivity index (χ0n) is 16.9. The van der Waals surface area contributed by atoms with E-state index < -0.39 is 0 Å². The number of furan rings is 1. The van der Waals surface area contributed by atoms with Gasteiger partial charge in [0.1, 0.15) is 5.76 Å². The number of rotatable bonds is 8. The zero-order valence-corrected chi connectivity index (χ0v) is 16.9. The van der Waals surface area contributed by atoms with Crippen molar-refractivity contribution in [2.45, 2.75) is 32.2 Å². The van der Waals surface area contributed by atoms with E-state index in [9.17, 15) is 4.79 Å². The van der Waals surface area contributed by atoms with Crippen molar-refractivity contribution < 1.29 is 18.7 Å². The lowest BCUT2D eigenvalue weighted by Gasteiger charge is -2.35. The number of nitrogens with one attached hydrogen (secondary N) is 1. The van der Waals surface area contributed by atoms with Crippen molar-refractivity contribution in [1.82, 2.24) is 10.2 Å². The van der Waals surface area contributed by atoms with Crippen molar-refractivity contribution in [2.24, 2.45) is 5.92 Å². The Hall–Kier alpha value is -2.47. The SMILES string of the molecule is COc1ccc(CC(=O)NCC(c2ccco2)N2CCC(C)CC2)cc1OC.